The van der Waals surface area contributed by atoms with Gasteiger partial charge < -0.3 is 10.1 Å². The maximum absolute atomic E-state index is 14.2. The highest BCUT2D eigenvalue weighted by atomic mass is 35.5. The van der Waals surface area contributed by atoms with E-state index in [4.69, 9.17) is 21.3 Å². The van der Waals surface area contributed by atoms with Gasteiger partial charge in [0.2, 0.25) is 0 Å². The monoisotopic (exact) mass is 562 g/mol. The lowest BCUT2D eigenvalue weighted by atomic mass is 10.1. The predicted molar refractivity (Wildman–Crippen MR) is 139 cm³/mol. The summed E-state index contributed by atoms with van der Waals surface area (Å²) in [5, 5.41) is 11.6. The molecular formula is C25H25ClF2N6O3S. The minimum absolute atomic E-state index is 0.0370. The minimum atomic E-state index is -3.67. The van der Waals surface area contributed by atoms with Gasteiger partial charge in [0, 0.05) is 24.3 Å². The van der Waals surface area contributed by atoms with Crippen LogP contribution >= 0.6 is 11.6 Å². The van der Waals surface area contributed by atoms with Crippen LogP contribution in [-0.2, 0) is 21.0 Å². The van der Waals surface area contributed by atoms with Crippen LogP contribution in [0.5, 0.6) is 0 Å². The third-order valence-corrected chi connectivity index (χ3v) is 7.57. The molecule has 38 heavy (non-hydrogen) atoms. The molecule has 200 valence electrons. The third-order valence-electron chi connectivity index (χ3n) is 6.20. The standard InChI is InChI=1S/C25H25ClF2N6O3S/c1-14-6-8-16(33-32-14)12-17-13-19(30-18-9-7-15(26)11-20(18)38(2,35)36)22-24(29-17)34(25(31-22)23(27)28)21-5-3-4-10-37-21/h6-9,11,13,21,23H,3-5,10,12H2,1-2H3,(H,29,30). The number of nitrogens with zero attached hydrogens (tertiary/aromatic N) is 5. The zero-order chi connectivity index (χ0) is 27.0. The largest absolute Gasteiger partial charge is 0.358 e. The lowest BCUT2D eigenvalue weighted by Gasteiger charge is -2.25. The van der Waals surface area contributed by atoms with Crippen molar-refractivity contribution in [2.45, 2.75) is 50.2 Å². The number of hydrogen-bond acceptors (Lipinski definition) is 8. The Morgan fingerprint density at radius 1 is 1.11 bits per heavy atom. The summed E-state index contributed by atoms with van der Waals surface area (Å²) in [6.07, 6.45) is 0.00848. The molecule has 1 aliphatic heterocycles. The summed E-state index contributed by atoms with van der Waals surface area (Å²) in [7, 11) is -3.67. The van der Waals surface area contributed by atoms with Crippen molar-refractivity contribution >= 4 is 44.0 Å². The average molecular weight is 563 g/mol. The molecule has 13 heteroatoms. The van der Waals surface area contributed by atoms with E-state index in [-0.39, 0.29) is 33.2 Å². The fraction of sp³-hybridized carbons (Fsp3) is 0.360. The molecule has 4 heterocycles. The summed E-state index contributed by atoms with van der Waals surface area (Å²) >= 11 is 6.06. The van der Waals surface area contributed by atoms with Crippen molar-refractivity contribution in [3.05, 3.63) is 64.3 Å². The Kier molecular flexibility index (Phi) is 7.30. The van der Waals surface area contributed by atoms with Gasteiger partial charge in [-0.1, -0.05) is 11.6 Å². The fourth-order valence-corrected chi connectivity index (χ4v) is 5.54. The number of halogens is 3. The molecule has 0 amide bonds. The maximum atomic E-state index is 14.2. The Hall–Kier alpha value is -3.22. The topological polar surface area (TPSA) is 112 Å². The quantitative estimate of drug-likeness (QED) is 0.312. The summed E-state index contributed by atoms with van der Waals surface area (Å²) in [6, 6.07) is 9.68. The first-order valence-electron chi connectivity index (χ1n) is 12.0. The highest BCUT2D eigenvalue weighted by Gasteiger charge is 2.29. The zero-order valence-corrected chi connectivity index (χ0v) is 22.2. The van der Waals surface area contributed by atoms with E-state index in [0.29, 0.717) is 30.1 Å². The van der Waals surface area contributed by atoms with Crippen molar-refractivity contribution in [1.82, 2.24) is 24.7 Å². The number of ether oxygens (including phenoxy) is 1. The van der Waals surface area contributed by atoms with Crippen LogP contribution in [0.2, 0.25) is 5.02 Å². The minimum Gasteiger partial charge on any atom is -0.358 e. The number of imidazole rings is 1. The highest BCUT2D eigenvalue weighted by molar-refractivity contribution is 7.90. The van der Waals surface area contributed by atoms with Crippen molar-refractivity contribution in [3.8, 4) is 0 Å². The molecule has 1 atom stereocenters. The normalized spacial score (nSPS) is 16.3. The average Bonchev–Trinajstić information content (AvgIpc) is 3.27. The molecule has 0 bridgehead atoms. The van der Waals surface area contributed by atoms with Gasteiger partial charge in [-0.05, 0) is 62.6 Å². The number of anilines is 2. The van der Waals surface area contributed by atoms with E-state index in [1.54, 1.807) is 12.1 Å². The van der Waals surface area contributed by atoms with Gasteiger partial charge in [0.05, 0.1) is 33.4 Å². The predicted octanol–water partition coefficient (Wildman–Crippen LogP) is 5.56. The van der Waals surface area contributed by atoms with Gasteiger partial charge in [-0.15, -0.1) is 0 Å². The first-order valence-corrected chi connectivity index (χ1v) is 14.2. The van der Waals surface area contributed by atoms with Crippen molar-refractivity contribution < 1.29 is 21.9 Å². The van der Waals surface area contributed by atoms with E-state index in [9.17, 15) is 17.2 Å². The molecule has 0 radical (unpaired) electrons. The van der Waals surface area contributed by atoms with Gasteiger partial charge in [-0.2, -0.15) is 10.2 Å². The molecule has 1 unspecified atom stereocenters. The first-order chi connectivity index (χ1) is 18.1. The molecule has 0 spiro atoms. The molecule has 4 aromatic rings. The number of alkyl halides is 2. The van der Waals surface area contributed by atoms with Gasteiger partial charge in [0.15, 0.2) is 21.3 Å². The smallest absolute Gasteiger partial charge is 0.295 e. The molecule has 3 aromatic heterocycles. The van der Waals surface area contributed by atoms with Crippen LogP contribution in [0.4, 0.5) is 20.2 Å². The highest BCUT2D eigenvalue weighted by Crippen LogP contribution is 2.37. The van der Waals surface area contributed by atoms with Gasteiger partial charge in [0.25, 0.3) is 6.43 Å². The van der Waals surface area contributed by atoms with E-state index in [1.807, 2.05) is 19.1 Å². The number of aryl methyl sites for hydroxylation is 1. The number of nitrogens with one attached hydrogen (secondary N) is 1. The number of rotatable bonds is 7. The van der Waals surface area contributed by atoms with E-state index < -0.39 is 28.3 Å². The van der Waals surface area contributed by atoms with E-state index in [2.05, 4.69) is 20.5 Å². The Balaban J connectivity index is 1.70. The van der Waals surface area contributed by atoms with Crippen LogP contribution in [0.3, 0.4) is 0 Å². The lowest BCUT2D eigenvalue weighted by Crippen LogP contribution is -2.20. The van der Waals surface area contributed by atoms with Crippen LogP contribution in [-0.4, -0.2) is 46.0 Å². The Labute approximate surface area is 223 Å². The summed E-state index contributed by atoms with van der Waals surface area (Å²) in [6.45, 7) is 2.27. The van der Waals surface area contributed by atoms with E-state index in [1.165, 1.54) is 16.7 Å². The molecule has 0 aliphatic carbocycles. The second kappa shape index (κ2) is 10.5. The summed E-state index contributed by atoms with van der Waals surface area (Å²) < 4.78 is 60.6. The lowest BCUT2D eigenvalue weighted by molar-refractivity contribution is -0.0363. The van der Waals surface area contributed by atoms with Crippen molar-refractivity contribution in [1.29, 1.82) is 0 Å². The van der Waals surface area contributed by atoms with E-state index >= 15 is 0 Å². The molecule has 0 saturated carbocycles. The Morgan fingerprint density at radius 2 is 1.92 bits per heavy atom. The molecule has 9 nitrogen and oxygen atoms in total. The van der Waals surface area contributed by atoms with Crippen LogP contribution < -0.4 is 5.32 Å². The number of hydrogen-bond donors (Lipinski definition) is 1. The van der Waals surface area contributed by atoms with Crippen molar-refractivity contribution in [3.63, 3.8) is 0 Å². The van der Waals surface area contributed by atoms with Crippen LogP contribution in [0.1, 0.15) is 54.8 Å². The van der Waals surface area contributed by atoms with Crippen LogP contribution in [0, 0.1) is 6.92 Å². The van der Waals surface area contributed by atoms with Crippen molar-refractivity contribution in [2.75, 3.05) is 18.2 Å². The molecule has 1 N–H and O–H groups in total. The van der Waals surface area contributed by atoms with Crippen LogP contribution in [0.25, 0.3) is 11.2 Å². The second-order valence-electron chi connectivity index (χ2n) is 9.18. The summed E-state index contributed by atoms with van der Waals surface area (Å²) in [5.74, 6) is -0.464. The van der Waals surface area contributed by atoms with Crippen LogP contribution in [0.15, 0.2) is 41.3 Å². The molecular weight excluding hydrogens is 538 g/mol. The zero-order valence-electron chi connectivity index (χ0n) is 20.7. The molecule has 5 rings (SSSR count). The number of benzene rings is 1. The summed E-state index contributed by atoms with van der Waals surface area (Å²) in [4.78, 5) is 8.92. The molecule has 1 saturated heterocycles. The third kappa shape index (κ3) is 5.47. The number of fused-ring (bicyclic) bond motifs is 1. The number of aromatic nitrogens is 5. The van der Waals surface area contributed by atoms with Gasteiger partial charge in [-0.3, -0.25) is 4.57 Å². The molecule has 1 aromatic carbocycles. The van der Waals surface area contributed by atoms with Crippen molar-refractivity contribution in [2.24, 2.45) is 0 Å². The second-order valence-corrected chi connectivity index (χ2v) is 11.6. The Bertz CT molecular complexity index is 1590. The van der Waals surface area contributed by atoms with Gasteiger partial charge in [-0.25, -0.2) is 27.2 Å². The van der Waals surface area contributed by atoms with Gasteiger partial charge in [0.1, 0.15) is 11.7 Å². The summed E-state index contributed by atoms with van der Waals surface area (Å²) in [5.41, 5.74) is 2.81. The maximum Gasteiger partial charge on any atom is 0.295 e. The number of sulfone groups is 1. The van der Waals surface area contributed by atoms with E-state index in [0.717, 1.165) is 24.8 Å². The number of pyridine rings is 1. The molecule has 1 fully saturated rings. The molecule has 1 aliphatic rings. The fourth-order valence-electron chi connectivity index (χ4n) is 4.44. The first kappa shape index (κ1) is 26.4. The Morgan fingerprint density at radius 3 is 2.58 bits per heavy atom. The van der Waals surface area contributed by atoms with Gasteiger partial charge >= 0.3 is 0 Å². The SMILES string of the molecule is Cc1ccc(Cc2cc(Nc3ccc(Cl)cc3S(C)(=O)=O)c3nc(C(F)F)n(C4CCCCO4)c3n2)nn1.